The zero-order chi connectivity index (χ0) is 13.5. The van der Waals surface area contributed by atoms with Crippen LogP contribution in [0.1, 0.15) is 16.8 Å². The van der Waals surface area contributed by atoms with Gasteiger partial charge in [-0.25, -0.2) is 4.98 Å². The van der Waals surface area contributed by atoms with E-state index in [2.05, 4.69) is 20.7 Å². The number of rotatable bonds is 6. The zero-order valence-corrected chi connectivity index (χ0v) is 10.8. The molecule has 0 aromatic carbocycles. The van der Waals surface area contributed by atoms with Crippen molar-refractivity contribution in [2.45, 2.75) is 13.0 Å². The topological polar surface area (TPSA) is 71.8 Å². The quantitative estimate of drug-likeness (QED) is 0.763. The summed E-state index contributed by atoms with van der Waals surface area (Å²) in [7, 11) is 1.77. The molecule has 19 heavy (non-hydrogen) atoms. The number of pyridine rings is 1. The average Bonchev–Trinajstić information content (AvgIpc) is 2.96. The van der Waals surface area contributed by atoms with E-state index in [0.717, 1.165) is 13.0 Å². The normalized spacial score (nSPS) is 10.2. The summed E-state index contributed by atoms with van der Waals surface area (Å²) in [6.07, 6.45) is 6.11. The number of carbonyl (C=O) groups is 1. The fraction of sp³-hybridized carbons (Fsp3) is 0.308. The van der Waals surface area contributed by atoms with Gasteiger partial charge in [0.05, 0.1) is 0 Å². The van der Waals surface area contributed by atoms with Crippen molar-refractivity contribution >= 4 is 11.7 Å². The van der Waals surface area contributed by atoms with E-state index < -0.39 is 0 Å². The molecule has 0 atom stereocenters. The molecule has 6 heteroatoms. The van der Waals surface area contributed by atoms with Crippen LogP contribution in [0.4, 0.5) is 5.82 Å². The van der Waals surface area contributed by atoms with Gasteiger partial charge in [0.1, 0.15) is 5.82 Å². The minimum Gasteiger partial charge on any atom is -0.373 e. The molecule has 0 bridgehead atoms. The number of hydrogen-bond acceptors (Lipinski definition) is 4. The number of nitrogens with one attached hydrogen (secondary N) is 2. The molecule has 0 spiro atoms. The molecule has 2 aromatic rings. The van der Waals surface area contributed by atoms with E-state index in [1.165, 1.54) is 0 Å². The van der Waals surface area contributed by atoms with Crippen LogP contribution in [0.25, 0.3) is 0 Å². The highest BCUT2D eigenvalue weighted by Crippen LogP contribution is 2.05. The van der Waals surface area contributed by atoms with E-state index in [9.17, 15) is 4.79 Å². The Kier molecular flexibility index (Phi) is 4.49. The Morgan fingerprint density at radius 3 is 3.05 bits per heavy atom. The van der Waals surface area contributed by atoms with Gasteiger partial charge in [-0.3, -0.25) is 9.48 Å². The summed E-state index contributed by atoms with van der Waals surface area (Å²) in [6.45, 7) is 1.42. The summed E-state index contributed by atoms with van der Waals surface area (Å²) in [5.74, 6) is 0.601. The number of hydrogen-bond donors (Lipinski definition) is 2. The van der Waals surface area contributed by atoms with Gasteiger partial charge in [0.15, 0.2) is 0 Å². The van der Waals surface area contributed by atoms with E-state index in [0.29, 0.717) is 17.9 Å². The Balaban J connectivity index is 1.77. The first-order chi connectivity index (χ1) is 9.29. The highest BCUT2D eigenvalue weighted by molar-refractivity contribution is 5.94. The van der Waals surface area contributed by atoms with Crippen molar-refractivity contribution in [3.63, 3.8) is 0 Å². The first-order valence-electron chi connectivity index (χ1n) is 6.19. The fourth-order valence-electron chi connectivity index (χ4n) is 1.69. The lowest BCUT2D eigenvalue weighted by Gasteiger charge is -2.06. The molecule has 0 aliphatic carbocycles. The summed E-state index contributed by atoms with van der Waals surface area (Å²) in [6, 6.07) is 5.31. The predicted octanol–water partition coefficient (Wildman–Crippen LogP) is 1.14. The van der Waals surface area contributed by atoms with Crippen molar-refractivity contribution in [2.24, 2.45) is 0 Å². The first kappa shape index (κ1) is 13.1. The van der Waals surface area contributed by atoms with Gasteiger partial charge in [0.25, 0.3) is 5.91 Å². The largest absolute Gasteiger partial charge is 0.373 e. The van der Waals surface area contributed by atoms with Gasteiger partial charge in [-0.15, -0.1) is 0 Å². The Labute approximate surface area is 111 Å². The molecule has 1 amide bonds. The van der Waals surface area contributed by atoms with Crippen LogP contribution >= 0.6 is 0 Å². The fourth-order valence-corrected chi connectivity index (χ4v) is 1.69. The maximum Gasteiger partial charge on any atom is 0.251 e. The number of carbonyl (C=O) groups excluding carboxylic acids is 1. The number of anilines is 1. The van der Waals surface area contributed by atoms with Gasteiger partial charge in [-0.2, -0.15) is 5.10 Å². The molecule has 0 aliphatic rings. The van der Waals surface area contributed by atoms with Crippen molar-refractivity contribution in [2.75, 3.05) is 18.9 Å². The average molecular weight is 259 g/mol. The van der Waals surface area contributed by atoms with E-state index in [1.807, 2.05) is 16.9 Å². The second-order valence-corrected chi connectivity index (χ2v) is 4.06. The maximum atomic E-state index is 11.9. The van der Waals surface area contributed by atoms with Gasteiger partial charge in [0, 0.05) is 44.3 Å². The molecule has 0 radical (unpaired) electrons. The van der Waals surface area contributed by atoms with Crippen LogP contribution in [0, 0.1) is 0 Å². The third-order valence-corrected chi connectivity index (χ3v) is 2.69. The minimum atomic E-state index is -0.0839. The van der Waals surface area contributed by atoms with Gasteiger partial charge in [0.2, 0.25) is 0 Å². The maximum absolute atomic E-state index is 11.9. The van der Waals surface area contributed by atoms with Crippen molar-refractivity contribution in [1.82, 2.24) is 20.1 Å². The number of aryl methyl sites for hydroxylation is 1. The smallest absolute Gasteiger partial charge is 0.251 e. The number of nitrogens with zero attached hydrogens (tertiary/aromatic N) is 3. The molecule has 2 aromatic heterocycles. The van der Waals surface area contributed by atoms with Crippen LogP contribution in [-0.4, -0.2) is 34.3 Å². The number of amides is 1. The van der Waals surface area contributed by atoms with Crippen LogP contribution in [0.15, 0.2) is 36.8 Å². The van der Waals surface area contributed by atoms with E-state index >= 15 is 0 Å². The molecule has 2 N–H and O–H groups in total. The molecule has 2 rings (SSSR count). The van der Waals surface area contributed by atoms with Gasteiger partial charge >= 0.3 is 0 Å². The minimum absolute atomic E-state index is 0.0839. The van der Waals surface area contributed by atoms with Gasteiger partial charge in [-0.05, 0) is 24.6 Å². The monoisotopic (exact) mass is 259 g/mol. The standard InChI is InChI=1S/C13H17N5O/c1-14-12-10-11(4-7-15-12)13(19)16-5-2-8-18-9-3-6-17-18/h3-4,6-7,9-10H,2,5,8H2,1H3,(H,14,15)(H,16,19). The van der Waals surface area contributed by atoms with Gasteiger partial charge < -0.3 is 10.6 Å². The Bertz CT molecular complexity index is 524. The highest BCUT2D eigenvalue weighted by atomic mass is 16.1. The summed E-state index contributed by atoms with van der Waals surface area (Å²) in [5, 5.41) is 9.88. The zero-order valence-electron chi connectivity index (χ0n) is 10.8. The molecule has 100 valence electrons. The second-order valence-electron chi connectivity index (χ2n) is 4.06. The Hall–Kier alpha value is -2.37. The SMILES string of the molecule is CNc1cc(C(=O)NCCCn2cccn2)ccn1. The predicted molar refractivity (Wildman–Crippen MR) is 73.0 cm³/mol. The van der Waals surface area contributed by atoms with Crippen LogP contribution in [-0.2, 0) is 6.54 Å². The third kappa shape index (κ3) is 3.80. The van der Waals surface area contributed by atoms with Crippen LogP contribution in [0.2, 0.25) is 0 Å². The highest BCUT2D eigenvalue weighted by Gasteiger charge is 2.05. The molecule has 0 saturated carbocycles. The van der Waals surface area contributed by atoms with Crippen molar-refractivity contribution < 1.29 is 4.79 Å². The van der Waals surface area contributed by atoms with Crippen molar-refractivity contribution in [1.29, 1.82) is 0 Å². The molecule has 2 heterocycles. The third-order valence-electron chi connectivity index (χ3n) is 2.69. The molecule has 6 nitrogen and oxygen atoms in total. The van der Waals surface area contributed by atoms with E-state index in [1.54, 1.807) is 31.6 Å². The van der Waals surface area contributed by atoms with E-state index in [-0.39, 0.29) is 5.91 Å². The van der Waals surface area contributed by atoms with Crippen molar-refractivity contribution in [3.8, 4) is 0 Å². The molecule has 0 unspecified atom stereocenters. The van der Waals surface area contributed by atoms with E-state index in [4.69, 9.17) is 0 Å². The lowest BCUT2D eigenvalue weighted by molar-refractivity contribution is 0.0952. The second kappa shape index (κ2) is 6.53. The summed E-state index contributed by atoms with van der Waals surface area (Å²) >= 11 is 0. The summed E-state index contributed by atoms with van der Waals surface area (Å²) < 4.78 is 1.84. The summed E-state index contributed by atoms with van der Waals surface area (Å²) in [4.78, 5) is 16.0. The molecular weight excluding hydrogens is 242 g/mol. The Morgan fingerprint density at radius 1 is 1.42 bits per heavy atom. The Morgan fingerprint density at radius 2 is 2.32 bits per heavy atom. The van der Waals surface area contributed by atoms with Crippen molar-refractivity contribution in [3.05, 3.63) is 42.4 Å². The number of aromatic nitrogens is 3. The van der Waals surface area contributed by atoms with Crippen LogP contribution < -0.4 is 10.6 Å². The molecular formula is C13H17N5O. The van der Waals surface area contributed by atoms with Gasteiger partial charge in [-0.1, -0.05) is 0 Å². The van der Waals surface area contributed by atoms with Crippen LogP contribution in [0.5, 0.6) is 0 Å². The lowest BCUT2D eigenvalue weighted by Crippen LogP contribution is -2.25. The lowest BCUT2D eigenvalue weighted by atomic mass is 10.2. The summed E-state index contributed by atoms with van der Waals surface area (Å²) in [5.41, 5.74) is 0.610. The first-order valence-corrected chi connectivity index (χ1v) is 6.19. The van der Waals surface area contributed by atoms with Crippen LogP contribution in [0.3, 0.4) is 0 Å². The molecule has 0 saturated heterocycles. The molecule has 0 aliphatic heterocycles. The molecule has 0 fully saturated rings.